The minimum atomic E-state index is 0.0811. The summed E-state index contributed by atoms with van der Waals surface area (Å²) in [6.07, 6.45) is 4.07. The van der Waals surface area contributed by atoms with Gasteiger partial charge in [0.2, 0.25) is 11.2 Å². The van der Waals surface area contributed by atoms with Gasteiger partial charge in [-0.2, -0.15) is 15.0 Å². The molecule has 0 radical (unpaired) electrons. The zero-order valence-corrected chi connectivity index (χ0v) is 10.9. The third-order valence-electron chi connectivity index (χ3n) is 2.75. The SMILES string of the molecule is OCCCOc1nc(Cl)nc(N2CCCCC2)n1. The molecule has 2 rings (SSSR count). The van der Waals surface area contributed by atoms with E-state index in [2.05, 4.69) is 19.9 Å². The van der Waals surface area contributed by atoms with Gasteiger partial charge in [-0.3, -0.25) is 0 Å². The maximum Gasteiger partial charge on any atom is 0.322 e. The molecule has 1 fully saturated rings. The van der Waals surface area contributed by atoms with Crippen LogP contribution >= 0.6 is 11.6 Å². The number of rotatable bonds is 5. The molecule has 0 aromatic carbocycles. The molecule has 0 amide bonds. The monoisotopic (exact) mass is 272 g/mol. The Bertz CT molecular complexity index is 385. The van der Waals surface area contributed by atoms with Crippen molar-refractivity contribution in [1.82, 2.24) is 15.0 Å². The molecule has 1 aromatic rings. The van der Waals surface area contributed by atoms with Crippen molar-refractivity contribution in [1.29, 1.82) is 0 Å². The first kappa shape index (κ1) is 13.3. The quantitative estimate of drug-likeness (QED) is 0.814. The lowest BCUT2D eigenvalue weighted by atomic mass is 10.1. The number of aromatic nitrogens is 3. The second-order valence-corrected chi connectivity index (χ2v) is 4.50. The Labute approximate surface area is 111 Å². The van der Waals surface area contributed by atoms with Gasteiger partial charge in [-0.25, -0.2) is 0 Å². The normalized spacial score (nSPS) is 15.8. The summed E-state index contributed by atoms with van der Waals surface area (Å²) in [6, 6.07) is 0.226. The van der Waals surface area contributed by atoms with Gasteiger partial charge >= 0.3 is 6.01 Å². The maximum absolute atomic E-state index is 8.69. The summed E-state index contributed by atoms with van der Waals surface area (Å²) in [4.78, 5) is 14.4. The highest BCUT2D eigenvalue weighted by Gasteiger charge is 2.16. The molecule has 1 saturated heterocycles. The Morgan fingerprint density at radius 3 is 2.67 bits per heavy atom. The van der Waals surface area contributed by atoms with E-state index in [1.165, 1.54) is 6.42 Å². The van der Waals surface area contributed by atoms with Crippen molar-refractivity contribution in [3.8, 4) is 6.01 Å². The van der Waals surface area contributed by atoms with Crippen LogP contribution in [0.1, 0.15) is 25.7 Å². The number of aliphatic hydroxyl groups excluding tert-OH is 1. The van der Waals surface area contributed by atoms with E-state index in [1.54, 1.807) is 0 Å². The Morgan fingerprint density at radius 1 is 1.17 bits per heavy atom. The summed E-state index contributed by atoms with van der Waals surface area (Å²) >= 11 is 5.86. The molecule has 1 aliphatic rings. The van der Waals surface area contributed by atoms with E-state index in [0.717, 1.165) is 25.9 Å². The van der Waals surface area contributed by atoms with Gasteiger partial charge in [-0.05, 0) is 30.9 Å². The first-order valence-corrected chi connectivity index (χ1v) is 6.57. The van der Waals surface area contributed by atoms with Gasteiger partial charge in [-0.1, -0.05) is 0 Å². The van der Waals surface area contributed by atoms with E-state index >= 15 is 0 Å². The molecule has 0 atom stereocenters. The van der Waals surface area contributed by atoms with Crippen LogP contribution in [0, 0.1) is 0 Å². The molecule has 1 aliphatic heterocycles. The smallest absolute Gasteiger partial charge is 0.322 e. The van der Waals surface area contributed by atoms with Crippen LogP contribution in [0.15, 0.2) is 0 Å². The van der Waals surface area contributed by atoms with E-state index in [1.807, 2.05) is 0 Å². The maximum atomic E-state index is 8.69. The molecule has 0 bridgehead atoms. The zero-order valence-electron chi connectivity index (χ0n) is 10.2. The molecule has 0 unspecified atom stereocenters. The summed E-state index contributed by atoms with van der Waals surface area (Å²) in [5.74, 6) is 0.577. The number of hydrogen-bond acceptors (Lipinski definition) is 6. The molecule has 18 heavy (non-hydrogen) atoms. The molecule has 6 nitrogen and oxygen atoms in total. The third-order valence-corrected chi connectivity index (χ3v) is 2.92. The van der Waals surface area contributed by atoms with E-state index < -0.39 is 0 Å². The number of hydrogen-bond donors (Lipinski definition) is 1. The van der Waals surface area contributed by atoms with Gasteiger partial charge in [0.1, 0.15) is 0 Å². The van der Waals surface area contributed by atoms with Crippen LogP contribution in [-0.4, -0.2) is 46.4 Å². The molecule has 0 saturated carbocycles. The molecule has 1 aromatic heterocycles. The zero-order chi connectivity index (χ0) is 12.8. The highest BCUT2D eigenvalue weighted by Crippen LogP contribution is 2.19. The number of ether oxygens (including phenoxy) is 1. The molecular formula is C11H17ClN4O2. The number of anilines is 1. The van der Waals surface area contributed by atoms with Crippen LogP contribution in [0.4, 0.5) is 5.95 Å². The Hall–Kier alpha value is -1.14. The summed E-state index contributed by atoms with van der Waals surface area (Å²) in [7, 11) is 0. The second kappa shape index (κ2) is 6.70. The van der Waals surface area contributed by atoms with Crippen LogP contribution in [-0.2, 0) is 0 Å². The molecule has 7 heteroatoms. The van der Waals surface area contributed by atoms with Crippen molar-refractivity contribution >= 4 is 17.5 Å². The standard InChI is InChI=1S/C11H17ClN4O2/c12-9-13-10(16-5-2-1-3-6-16)15-11(14-9)18-8-4-7-17/h17H,1-8H2. The number of halogens is 1. The Morgan fingerprint density at radius 2 is 1.94 bits per heavy atom. The van der Waals surface area contributed by atoms with Gasteiger partial charge in [0.05, 0.1) is 6.61 Å². The van der Waals surface area contributed by atoms with Crippen molar-refractivity contribution in [3.05, 3.63) is 5.28 Å². The lowest BCUT2D eigenvalue weighted by Crippen LogP contribution is -2.31. The highest BCUT2D eigenvalue weighted by molar-refractivity contribution is 6.28. The predicted molar refractivity (Wildman–Crippen MR) is 68.1 cm³/mol. The molecule has 100 valence electrons. The van der Waals surface area contributed by atoms with Gasteiger partial charge in [0.15, 0.2) is 0 Å². The van der Waals surface area contributed by atoms with E-state index in [9.17, 15) is 0 Å². The van der Waals surface area contributed by atoms with Gasteiger partial charge in [-0.15, -0.1) is 0 Å². The van der Waals surface area contributed by atoms with Gasteiger partial charge < -0.3 is 14.7 Å². The largest absolute Gasteiger partial charge is 0.463 e. The van der Waals surface area contributed by atoms with Crippen LogP contribution in [0.3, 0.4) is 0 Å². The van der Waals surface area contributed by atoms with Crippen LogP contribution in [0.2, 0.25) is 5.28 Å². The second-order valence-electron chi connectivity index (χ2n) is 4.16. The Kier molecular flexibility index (Phi) is 4.95. The van der Waals surface area contributed by atoms with E-state index in [-0.39, 0.29) is 17.9 Å². The Balaban J connectivity index is 2.05. The van der Waals surface area contributed by atoms with Crippen molar-refractivity contribution < 1.29 is 9.84 Å². The lowest BCUT2D eigenvalue weighted by Gasteiger charge is -2.26. The van der Waals surface area contributed by atoms with Gasteiger partial charge in [0, 0.05) is 26.1 Å². The fourth-order valence-corrected chi connectivity index (χ4v) is 2.00. The number of aliphatic hydroxyl groups is 1. The lowest BCUT2D eigenvalue weighted by molar-refractivity contribution is 0.224. The molecule has 1 N–H and O–H groups in total. The molecular weight excluding hydrogens is 256 g/mol. The predicted octanol–water partition coefficient (Wildman–Crippen LogP) is 1.28. The fourth-order valence-electron chi connectivity index (χ4n) is 1.85. The average molecular weight is 273 g/mol. The molecule has 0 spiro atoms. The minimum Gasteiger partial charge on any atom is -0.463 e. The number of nitrogens with zero attached hydrogens (tertiary/aromatic N) is 4. The van der Waals surface area contributed by atoms with Crippen LogP contribution in [0.25, 0.3) is 0 Å². The fraction of sp³-hybridized carbons (Fsp3) is 0.727. The average Bonchev–Trinajstić information content (AvgIpc) is 2.39. The van der Waals surface area contributed by atoms with Crippen molar-refractivity contribution in [3.63, 3.8) is 0 Å². The van der Waals surface area contributed by atoms with E-state index in [0.29, 0.717) is 19.0 Å². The van der Waals surface area contributed by atoms with Crippen molar-refractivity contribution in [2.45, 2.75) is 25.7 Å². The minimum absolute atomic E-state index is 0.0811. The summed E-state index contributed by atoms with van der Waals surface area (Å²) in [5, 5.41) is 8.83. The van der Waals surface area contributed by atoms with Crippen molar-refractivity contribution in [2.75, 3.05) is 31.2 Å². The van der Waals surface area contributed by atoms with Crippen LogP contribution in [0.5, 0.6) is 6.01 Å². The first-order valence-electron chi connectivity index (χ1n) is 6.20. The summed E-state index contributed by atoms with van der Waals surface area (Å²) < 4.78 is 5.33. The van der Waals surface area contributed by atoms with Crippen molar-refractivity contribution in [2.24, 2.45) is 0 Å². The van der Waals surface area contributed by atoms with Gasteiger partial charge in [0.25, 0.3) is 0 Å². The van der Waals surface area contributed by atoms with Crippen LogP contribution < -0.4 is 9.64 Å². The molecule has 0 aliphatic carbocycles. The number of piperidine rings is 1. The summed E-state index contributed by atoms with van der Waals surface area (Å²) in [5.41, 5.74) is 0. The highest BCUT2D eigenvalue weighted by atomic mass is 35.5. The third kappa shape index (κ3) is 3.68. The van der Waals surface area contributed by atoms with E-state index in [4.69, 9.17) is 21.4 Å². The first-order chi connectivity index (χ1) is 8.79. The topological polar surface area (TPSA) is 71.4 Å². The summed E-state index contributed by atoms with van der Waals surface area (Å²) in [6.45, 7) is 2.33. The molecule has 2 heterocycles.